The summed E-state index contributed by atoms with van der Waals surface area (Å²) in [5, 5.41) is 10.3. The maximum absolute atomic E-state index is 11.6. The molecule has 1 unspecified atom stereocenters. The van der Waals surface area contributed by atoms with Crippen LogP contribution in [0.3, 0.4) is 0 Å². The molecule has 2 aromatic carbocycles. The number of hydrogen-bond donors (Lipinski definition) is 1. The quantitative estimate of drug-likeness (QED) is 0.921. The largest absolute Gasteiger partial charge is 0.497 e. The molecule has 4 nitrogen and oxygen atoms in total. The van der Waals surface area contributed by atoms with Crippen molar-refractivity contribution in [3.63, 3.8) is 0 Å². The molecule has 2 rings (SSSR count). The highest BCUT2D eigenvalue weighted by molar-refractivity contribution is 7.90. The number of benzene rings is 2. The van der Waals surface area contributed by atoms with Crippen molar-refractivity contribution in [3.05, 3.63) is 59.7 Å². The molecule has 0 fully saturated rings. The summed E-state index contributed by atoms with van der Waals surface area (Å²) in [5.41, 5.74) is 1.51. The van der Waals surface area contributed by atoms with Crippen molar-refractivity contribution in [3.8, 4) is 5.75 Å². The lowest BCUT2D eigenvalue weighted by Gasteiger charge is -2.13. The third-order valence-corrected chi connectivity index (χ3v) is 4.34. The summed E-state index contributed by atoms with van der Waals surface area (Å²) in [4.78, 5) is 0.213. The van der Waals surface area contributed by atoms with E-state index in [4.69, 9.17) is 4.74 Å². The Labute approximate surface area is 124 Å². The first kappa shape index (κ1) is 15.5. The van der Waals surface area contributed by atoms with Crippen LogP contribution in [0.1, 0.15) is 17.2 Å². The molecule has 0 aromatic heterocycles. The Hall–Kier alpha value is -1.85. The number of hydrogen-bond acceptors (Lipinski definition) is 4. The summed E-state index contributed by atoms with van der Waals surface area (Å²) in [7, 11) is -1.69. The molecule has 2 aromatic rings. The predicted molar refractivity (Wildman–Crippen MR) is 81.2 cm³/mol. The van der Waals surface area contributed by atoms with Crippen LogP contribution < -0.4 is 4.74 Å². The van der Waals surface area contributed by atoms with E-state index in [2.05, 4.69) is 0 Å². The maximum atomic E-state index is 11.6. The van der Waals surface area contributed by atoms with Crippen molar-refractivity contribution >= 4 is 9.84 Å². The van der Waals surface area contributed by atoms with E-state index < -0.39 is 15.9 Å². The molecule has 0 heterocycles. The Morgan fingerprint density at radius 2 is 1.86 bits per heavy atom. The molecular formula is C16H18O4S. The van der Waals surface area contributed by atoms with Gasteiger partial charge in [0.2, 0.25) is 0 Å². The summed E-state index contributed by atoms with van der Waals surface area (Å²) in [6.07, 6.45) is 0.782. The van der Waals surface area contributed by atoms with E-state index in [1.807, 2.05) is 24.3 Å². The van der Waals surface area contributed by atoms with Gasteiger partial charge in [0.1, 0.15) is 5.75 Å². The van der Waals surface area contributed by atoms with Crippen molar-refractivity contribution in [2.45, 2.75) is 17.4 Å². The summed E-state index contributed by atoms with van der Waals surface area (Å²) in [6.45, 7) is 0. The summed E-state index contributed by atoms with van der Waals surface area (Å²) in [5.74, 6) is 0.726. The fourth-order valence-electron chi connectivity index (χ4n) is 2.09. The monoisotopic (exact) mass is 306 g/mol. The van der Waals surface area contributed by atoms with Crippen molar-refractivity contribution < 1.29 is 18.3 Å². The van der Waals surface area contributed by atoms with Crippen LogP contribution in [0.4, 0.5) is 0 Å². The fourth-order valence-corrected chi connectivity index (χ4v) is 2.77. The molecule has 21 heavy (non-hydrogen) atoms. The second kappa shape index (κ2) is 6.28. The molecular weight excluding hydrogens is 288 g/mol. The lowest BCUT2D eigenvalue weighted by atomic mass is 10.0. The van der Waals surface area contributed by atoms with Crippen LogP contribution in [0.2, 0.25) is 0 Å². The first-order valence-corrected chi connectivity index (χ1v) is 8.40. The maximum Gasteiger partial charge on any atom is 0.175 e. The van der Waals surface area contributed by atoms with Crippen molar-refractivity contribution in [1.29, 1.82) is 0 Å². The van der Waals surface area contributed by atoms with Gasteiger partial charge in [-0.1, -0.05) is 24.3 Å². The Bertz CT molecular complexity index is 723. The third kappa shape index (κ3) is 4.06. The molecule has 0 amide bonds. The van der Waals surface area contributed by atoms with E-state index in [1.54, 1.807) is 19.2 Å². The second-order valence-corrected chi connectivity index (χ2v) is 6.93. The van der Waals surface area contributed by atoms with Crippen LogP contribution in [-0.2, 0) is 16.3 Å². The molecule has 0 radical (unpaired) electrons. The number of rotatable bonds is 5. The summed E-state index contributed by atoms with van der Waals surface area (Å²) >= 11 is 0. The van der Waals surface area contributed by atoms with Crippen molar-refractivity contribution in [2.24, 2.45) is 0 Å². The van der Waals surface area contributed by atoms with Crippen molar-refractivity contribution in [1.82, 2.24) is 0 Å². The van der Waals surface area contributed by atoms with Gasteiger partial charge in [-0.25, -0.2) is 8.42 Å². The Morgan fingerprint density at radius 3 is 2.52 bits per heavy atom. The Balaban J connectivity index is 2.22. The van der Waals surface area contributed by atoms with Gasteiger partial charge in [-0.15, -0.1) is 0 Å². The second-order valence-electron chi connectivity index (χ2n) is 4.92. The van der Waals surface area contributed by atoms with Gasteiger partial charge in [0.15, 0.2) is 9.84 Å². The Kier molecular flexibility index (Phi) is 4.65. The normalized spacial score (nSPS) is 12.9. The molecule has 0 bridgehead atoms. The van der Waals surface area contributed by atoms with Crippen LogP contribution in [0, 0.1) is 0 Å². The molecule has 0 saturated carbocycles. The van der Waals surface area contributed by atoms with Crippen LogP contribution in [-0.4, -0.2) is 26.9 Å². The minimum absolute atomic E-state index is 0.213. The molecule has 0 aliphatic carbocycles. The molecule has 112 valence electrons. The molecule has 5 heteroatoms. The highest BCUT2D eigenvalue weighted by atomic mass is 32.2. The van der Waals surface area contributed by atoms with Gasteiger partial charge < -0.3 is 9.84 Å². The van der Waals surface area contributed by atoms with E-state index >= 15 is 0 Å². The van der Waals surface area contributed by atoms with Gasteiger partial charge in [-0.05, 0) is 35.4 Å². The van der Waals surface area contributed by atoms with Gasteiger partial charge in [0, 0.05) is 12.7 Å². The number of sulfone groups is 1. The minimum atomic E-state index is -3.27. The highest BCUT2D eigenvalue weighted by Gasteiger charge is 2.13. The zero-order valence-electron chi connectivity index (χ0n) is 12.0. The average Bonchev–Trinajstić information content (AvgIpc) is 2.46. The van der Waals surface area contributed by atoms with Gasteiger partial charge in [0.25, 0.3) is 0 Å². The molecule has 1 atom stereocenters. The van der Waals surface area contributed by atoms with E-state index in [0.29, 0.717) is 12.0 Å². The van der Waals surface area contributed by atoms with Crippen LogP contribution in [0.15, 0.2) is 53.4 Å². The topological polar surface area (TPSA) is 63.6 Å². The van der Waals surface area contributed by atoms with Gasteiger partial charge >= 0.3 is 0 Å². The van der Waals surface area contributed by atoms with E-state index in [1.165, 1.54) is 12.1 Å². The first-order chi connectivity index (χ1) is 9.90. The zero-order valence-corrected chi connectivity index (χ0v) is 12.8. The lowest BCUT2D eigenvalue weighted by Crippen LogP contribution is -2.04. The van der Waals surface area contributed by atoms with Gasteiger partial charge in [-0.2, -0.15) is 0 Å². The fraction of sp³-hybridized carbons (Fsp3) is 0.250. The van der Waals surface area contributed by atoms with E-state index in [9.17, 15) is 13.5 Å². The zero-order chi connectivity index (χ0) is 15.5. The summed E-state index contributed by atoms with van der Waals surface area (Å²) < 4.78 is 28.2. The predicted octanol–water partition coefficient (Wildman–Crippen LogP) is 2.37. The average molecular weight is 306 g/mol. The van der Waals surface area contributed by atoms with Crippen LogP contribution in [0.5, 0.6) is 5.75 Å². The number of ether oxygens (including phenoxy) is 1. The molecule has 0 aliphatic heterocycles. The highest BCUT2D eigenvalue weighted by Crippen LogP contribution is 2.23. The molecule has 1 N–H and O–H groups in total. The number of methoxy groups -OCH3 is 1. The molecule has 0 aliphatic rings. The van der Waals surface area contributed by atoms with Gasteiger partial charge in [-0.3, -0.25) is 0 Å². The number of aliphatic hydroxyl groups excluding tert-OH is 1. The molecule has 0 spiro atoms. The van der Waals surface area contributed by atoms with Gasteiger partial charge in [0.05, 0.1) is 18.1 Å². The summed E-state index contributed by atoms with van der Waals surface area (Å²) in [6, 6.07) is 13.8. The van der Waals surface area contributed by atoms with E-state index in [-0.39, 0.29) is 4.90 Å². The third-order valence-electron chi connectivity index (χ3n) is 3.23. The van der Waals surface area contributed by atoms with E-state index in [0.717, 1.165) is 17.6 Å². The smallest absolute Gasteiger partial charge is 0.175 e. The van der Waals surface area contributed by atoms with Crippen molar-refractivity contribution in [2.75, 3.05) is 13.4 Å². The molecule has 0 saturated heterocycles. The minimum Gasteiger partial charge on any atom is -0.497 e. The lowest BCUT2D eigenvalue weighted by molar-refractivity contribution is 0.178. The van der Waals surface area contributed by atoms with Crippen LogP contribution >= 0.6 is 0 Å². The van der Waals surface area contributed by atoms with Crippen LogP contribution in [0.25, 0.3) is 0 Å². The Morgan fingerprint density at radius 1 is 1.14 bits per heavy atom. The standard InChI is InChI=1S/C16H18O4S/c1-20-14-7-3-5-12(9-14)10-16(17)13-6-4-8-15(11-13)21(2,18)19/h3-9,11,16-17H,10H2,1-2H3. The number of aliphatic hydroxyl groups is 1. The SMILES string of the molecule is COc1cccc(CC(O)c2cccc(S(C)(=O)=O)c2)c1. The first-order valence-electron chi connectivity index (χ1n) is 6.51.